The molecule has 22 heavy (non-hydrogen) atoms. The third kappa shape index (κ3) is 5.93. The Morgan fingerprint density at radius 2 is 1.36 bits per heavy atom. The molecule has 0 aromatic carbocycles. The highest BCUT2D eigenvalue weighted by Gasteiger charge is 2.29. The maximum absolute atomic E-state index is 12.0. The van der Waals surface area contributed by atoms with Gasteiger partial charge in [0.15, 0.2) is 0 Å². The lowest BCUT2D eigenvalue weighted by Crippen LogP contribution is -2.52. The zero-order valence-electron chi connectivity index (χ0n) is 14.1. The molecule has 1 aliphatic heterocycles. The molecule has 1 unspecified atom stereocenters. The van der Waals surface area contributed by atoms with E-state index in [1.807, 2.05) is 13.8 Å². The fraction of sp³-hybridized carbons (Fsp3) is 0.875. The number of carbonyl (C=O) groups is 2. The molecule has 0 spiro atoms. The van der Waals surface area contributed by atoms with Crippen LogP contribution in [0.4, 0.5) is 0 Å². The molecule has 6 heteroatoms. The first-order valence-electron chi connectivity index (χ1n) is 8.47. The Morgan fingerprint density at radius 1 is 0.909 bits per heavy atom. The van der Waals surface area contributed by atoms with E-state index in [1.54, 1.807) is 0 Å². The molecule has 1 heterocycles. The number of rotatable bonds is 7. The number of amides is 2. The fourth-order valence-corrected chi connectivity index (χ4v) is 2.89. The minimum Gasteiger partial charge on any atom is -0.353 e. The minimum absolute atomic E-state index is 0.0828. The van der Waals surface area contributed by atoms with Crippen LogP contribution in [0.15, 0.2) is 0 Å². The normalized spacial score (nSPS) is 21.6. The van der Waals surface area contributed by atoms with Gasteiger partial charge >= 0.3 is 0 Å². The predicted octanol–water partition coefficient (Wildman–Crippen LogP) is 0.0433. The van der Waals surface area contributed by atoms with Gasteiger partial charge in [0.05, 0.1) is 13.1 Å². The van der Waals surface area contributed by atoms with Gasteiger partial charge in [0.1, 0.15) is 0 Å². The highest BCUT2D eigenvalue weighted by Crippen LogP contribution is 2.32. The minimum atomic E-state index is 0.0828. The van der Waals surface area contributed by atoms with E-state index >= 15 is 0 Å². The van der Waals surface area contributed by atoms with E-state index in [9.17, 15) is 9.59 Å². The van der Waals surface area contributed by atoms with Crippen LogP contribution in [0.2, 0.25) is 0 Å². The second kappa shape index (κ2) is 7.92. The molecule has 2 fully saturated rings. The van der Waals surface area contributed by atoms with Crippen LogP contribution in [0.5, 0.6) is 0 Å². The molecule has 2 N–H and O–H groups in total. The molecule has 1 aliphatic carbocycles. The number of nitrogens with one attached hydrogen (secondary N) is 2. The van der Waals surface area contributed by atoms with Crippen molar-refractivity contribution in [2.75, 3.05) is 39.3 Å². The monoisotopic (exact) mass is 310 g/mol. The van der Waals surface area contributed by atoms with E-state index in [-0.39, 0.29) is 17.9 Å². The van der Waals surface area contributed by atoms with Crippen LogP contribution in [0.3, 0.4) is 0 Å². The molecule has 0 aromatic heterocycles. The van der Waals surface area contributed by atoms with Crippen LogP contribution >= 0.6 is 0 Å². The number of nitrogens with zero attached hydrogens (tertiary/aromatic N) is 2. The lowest BCUT2D eigenvalue weighted by molar-refractivity contribution is -0.125. The van der Waals surface area contributed by atoms with Crippen molar-refractivity contribution in [2.24, 2.45) is 5.92 Å². The average molecular weight is 310 g/mol. The van der Waals surface area contributed by atoms with Crippen LogP contribution in [0.1, 0.15) is 33.6 Å². The van der Waals surface area contributed by atoms with E-state index in [4.69, 9.17) is 0 Å². The smallest absolute Gasteiger partial charge is 0.234 e. The SMILES string of the molecule is CC(C)NC(=O)CN1CCN(CC(=O)NC(C)C2CC2)CC1. The van der Waals surface area contributed by atoms with Gasteiger partial charge in [0.2, 0.25) is 11.8 Å². The van der Waals surface area contributed by atoms with Crippen molar-refractivity contribution < 1.29 is 9.59 Å². The van der Waals surface area contributed by atoms with E-state index in [0.717, 1.165) is 26.2 Å². The molecule has 1 atom stereocenters. The predicted molar refractivity (Wildman–Crippen MR) is 86.5 cm³/mol. The molecule has 0 radical (unpaired) electrons. The van der Waals surface area contributed by atoms with Gasteiger partial charge in [0, 0.05) is 38.3 Å². The first-order chi connectivity index (χ1) is 10.4. The van der Waals surface area contributed by atoms with E-state index < -0.39 is 0 Å². The summed E-state index contributed by atoms with van der Waals surface area (Å²) in [5, 5.41) is 6.01. The second-order valence-corrected chi connectivity index (χ2v) is 6.97. The van der Waals surface area contributed by atoms with Crippen LogP contribution < -0.4 is 10.6 Å². The maximum Gasteiger partial charge on any atom is 0.234 e. The number of hydrogen-bond donors (Lipinski definition) is 2. The third-order valence-electron chi connectivity index (χ3n) is 4.37. The van der Waals surface area contributed by atoms with Crippen molar-refractivity contribution in [1.82, 2.24) is 20.4 Å². The second-order valence-electron chi connectivity index (χ2n) is 6.97. The van der Waals surface area contributed by atoms with Crippen molar-refractivity contribution >= 4 is 11.8 Å². The van der Waals surface area contributed by atoms with E-state index in [2.05, 4.69) is 27.4 Å². The maximum atomic E-state index is 12.0. The summed E-state index contributed by atoms with van der Waals surface area (Å²) in [6.07, 6.45) is 2.50. The Labute approximate surface area is 133 Å². The third-order valence-corrected chi connectivity index (χ3v) is 4.37. The van der Waals surface area contributed by atoms with Crippen molar-refractivity contribution in [2.45, 2.75) is 45.7 Å². The van der Waals surface area contributed by atoms with Gasteiger partial charge in [-0.2, -0.15) is 0 Å². The summed E-state index contributed by atoms with van der Waals surface area (Å²) in [5.41, 5.74) is 0. The summed E-state index contributed by atoms with van der Waals surface area (Å²) in [5.74, 6) is 0.908. The molecule has 126 valence electrons. The van der Waals surface area contributed by atoms with Crippen molar-refractivity contribution in [3.05, 3.63) is 0 Å². The number of piperazine rings is 1. The first-order valence-corrected chi connectivity index (χ1v) is 8.47. The zero-order valence-corrected chi connectivity index (χ0v) is 14.1. The fourth-order valence-electron chi connectivity index (χ4n) is 2.89. The highest BCUT2D eigenvalue weighted by molar-refractivity contribution is 5.79. The molecule has 1 saturated heterocycles. The quantitative estimate of drug-likeness (QED) is 0.697. The molecule has 2 aliphatic rings. The van der Waals surface area contributed by atoms with Gasteiger partial charge in [0.25, 0.3) is 0 Å². The van der Waals surface area contributed by atoms with Crippen molar-refractivity contribution in [1.29, 1.82) is 0 Å². The summed E-state index contributed by atoms with van der Waals surface area (Å²) >= 11 is 0. The number of hydrogen-bond acceptors (Lipinski definition) is 4. The Hall–Kier alpha value is -1.14. The van der Waals surface area contributed by atoms with E-state index in [1.165, 1.54) is 12.8 Å². The van der Waals surface area contributed by atoms with Crippen LogP contribution in [0, 0.1) is 5.92 Å². The largest absolute Gasteiger partial charge is 0.353 e. The Kier molecular flexibility index (Phi) is 6.20. The number of carbonyl (C=O) groups excluding carboxylic acids is 2. The Morgan fingerprint density at radius 3 is 1.77 bits per heavy atom. The van der Waals surface area contributed by atoms with Crippen molar-refractivity contribution in [3.8, 4) is 0 Å². The molecular formula is C16H30N4O2. The molecule has 2 rings (SSSR count). The van der Waals surface area contributed by atoms with Gasteiger partial charge < -0.3 is 10.6 Å². The molecule has 6 nitrogen and oxygen atoms in total. The molecule has 0 aromatic rings. The summed E-state index contributed by atoms with van der Waals surface area (Å²) in [6.45, 7) is 10.4. The van der Waals surface area contributed by atoms with E-state index in [0.29, 0.717) is 25.0 Å². The molecule has 1 saturated carbocycles. The molecule has 0 bridgehead atoms. The Balaban J connectivity index is 1.62. The average Bonchev–Trinajstić information content (AvgIpc) is 3.24. The lowest BCUT2D eigenvalue weighted by Gasteiger charge is -2.34. The summed E-state index contributed by atoms with van der Waals surface area (Å²) in [7, 11) is 0. The summed E-state index contributed by atoms with van der Waals surface area (Å²) in [6, 6.07) is 0.500. The summed E-state index contributed by atoms with van der Waals surface area (Å²) in [4.78, 5) is 28.1. The van der Waals surface area contributed by atoms with Crippen molar-refractivity contribution in [3.63, 3.8) is 0 Å². The standard InChI is InChI=1S/C16H30N4O2/c1-12(2)17-15(21)10-19-6-8-20(9-7-19)11-16(22)18-13(3)14-4-5-14/h12-14H,4-11H2,1-3H3,(H,17,21)(H,18,22). The Bertz CT molecular complexity index is 388. The van der Waals surface area contributed by atoms with Crippen LogP contribution in [0.25, 0.3) is 0 Å². The van der Waals surface area contributed by atoms with Gasteiger partial charge in [-0.05, 0) is 39.5 Å². The van der Waals surface area contributed by atoms with Crippen LogP contribution in [-0.2, 0) is 9.59 Å². The van der Waals surface area contributed by atoms with Gasteiger partial charge in [-0.15, -0.1) is 0 Å². The van der Waals surface area contributed by atoms with Gasteiger partial charge in [-0.3, -0.25) is 19.4 Å². The molecular weight excluding hydrogens is 280 g/mol. The zero-order chi connectivity index (χ0) is 16.1. The molecule has 2 amide bonds. The lowest BCUT2D eigenvalue weighted by atomic mass is 10.2. The first kappa shape index (κ1) is 17.2. The van der Waals surface area contributed by atoms with Crippen LogP contribution in [-0.4, -0.2) is 73.0 Å². The summed E-state index contributed by atoms with van der Waals surface area (Å²) < 4.78 is 0. The highest BCUT2D eigenvalue weighted by atomic mass is 16.2. The van der Waals surface area contributed by atoms with Gasteiger partial charge in [-0.25, -0.2) is 0 Å². The topological polar surface area (TPSA) is 64.7 Å². The van der Waals surface area contributed by atoms with Gasteiger partial charge in [-0.1, -0.05) is 0 Å².